The van der Waals surface area contributed by atoms with Crippen molar-refractivity contribution >= 4 is 11.7 Å². The molecule has 1 amide bonds. The van der Waals surface area contributed by atoms with Gasteiger partial charge in [-0.3, -0.25) is 4.79 Å². The number of rotatable bonds is 4. The van der Waals surface area contributed by atoms with Crippen LogP contribution in [0.5, 0.6) is 0 Å². The number of hydrogen-bond donors (Lipinski definition) is 0. The lowest BCUT2D eigenvalue weighted by Gasteiger charge is -2.35. The third-order valence-electron chi connectivity index (χ3n) is 4.29. The maximum atomic E-state index is 12.5. The Bertz CT molecular complexity index is 721. The van der Waals surface area contributed by atoms with Gasteiger partial charge in [-0.25, -0.2) is 9.97 Å². The Labute approximate surface area is 140 Å². The molecule has 0 radical (unpaired) electrons. The van der Waals surface area contributed by atoms with Gasteiger partial charge in [0.25, 0.3) is 0 Å². The zero-order valence-corrected chi connectivity index (χ0v) is 14.3. The third-order valence-corrected chi connectivity index (χ3v) is 4.29. The molecule has 1 saturated heterocycles. The fourth-order valence-corrected chi connectivity index (χ4v) is 2.76. The Morgan fingerprint density at radius 3 is 2.62 bits per heavy atom. The average Bonchev–Trinajstić information content (AvgIpc) is 3.06. The first-order valence-corrected chi connectivity index (χ1v) is 8.25. The van der Waals surface area contributed by atoms with Crippen molar-refractivity contribution in [2.45, 2.75) is 33.6 Å². The van der Waals surface area contributed by atoms with Crippen molar-refractivity contribution in [3.63, 3.8) is 0 Å². The minimum atomic E-state index is -0.194. The number of carbonyl (C=O) groups excluding carboxylic acids is 1. The summed E-state index contributed by atoms with van der Waals surface area (Å²) in [5.74, 6) is 1.35. The van der Waals surface area contributed by atoms with Crippen LogP contribution in [0.3, 0.4) is 0 Å². The van der Waals surface area contributed by atoms with Crippen LogP contribution in [0, 0.1) is 13.8 Å². The number of anilines is 1. The van der Waals surface area contributed by atoms with Gasteiger partial charge in [0.1, 0.15) is 12.1 Å². The lowest BCUT2D eigenvalue weighted by molar-refractivity contribution is 0.0704. The van der Waals surface area contributed by atoms with Gasteiger partial charge in [0.15, 0.2) is 0 Å². The summed E-state index contributed by atoms with van der Waals surface area (Å²) in [5, 5.41) is 7.78. The Hall–Kier alpha value is -2.51. The number of amides is 1. The highest BCUT2D eigenvalue weighted by atomic mass is 16.4. The first-order valence-electron chi connectivity index (χ1n) is 8.25. The summed E-state index contributed by atoms with van der Waals surface area (Å²) in [7, 11) is 0. The second-order valence-corrected chi connectivity index (χ2v) is 5.94. The predicted octanol–water partition coefficient (Wildman–Crippen LogP) is 1.39. The molecule has 2 aromatic rings. The van der Waals surface area contributed by atoms with E-state index in [4.69, 9.17) is 4.42 Å². The molecule has 3 heterocycles. The van der Waals surface area contributed by atoms with E-state index in [1.165, 1.54) is 0 Å². The Morgan fingerprint density at radius 2 is 1.92 bits per heavy atom. The van der Waals surface area contributed by atoms with Gasteiger partial charge in [0.05, 0.1) is 0 Å². The normalized spacial score (nSPS) is 15.0. The van der Waals surface area contributed by atoms with Gasteiger partial charge < -0.3 is 14.2 Å². The molecule has 0 aliphatic carbocycles. The summed E-state index contributed by atoms with van der Waals surface area (Å²) in [4.78, 5) is 25.0. The average molecular weight is 330 g/mol. The van der Waals surface area contributed by atoms with E-state index in [1.54, 1.807) is 11.2 Å². The van der Waals surface area contributed by atoms with Crippen molar-refractivity contribution < 1.29 is 9.21 Å². The van der Waals surface area contributed by atoms with Crippen molar-refractivity contribution in [3.05, 3.63) is 29.4 Å². The summed E-state index contributed by atoms with van der Waals surface area (Å²) in [6.45, 7) is 8.68. The molecule has 3 rings (SSSR count). The predicted molar refractivity (Wildman–Crippen MR) is 87.9 cm³/mol. The van der Waals surface area contributed by atoms with E-state index < -0.39 is 0 Å². The second kappa shape index (κ2) is 6.94. The standard InChI is InChI=1S/C16H22N6O2/c1-4-5-13-19-20-15(24-13)16(23)22-8-6-21(7-9-22)14-11(2)12(3)17-10-18-14/h10H,4-9H2,1-3H3. The Balaban J connectivity index is 1.64. The maximum Gasteiger partial charge on any atom is 0.311 e. The van der Waals surface area contributed by atoms with Gasteiger partial charge in [0, 0.05) is 43.9 Å². The molecule has 1 aliphatic rings. The lowest BCUT2D eigenvalue weighted by Crippen LogP contribution is -2.49. The van der Waals surface area contributed by atoms with Gasteiger partial charge in [-0.2, -0.15) is 0 Å². The molecule has 0 saturated carbocycles. The van der Waals surface area contributed by atoms with Gasteiger partial charge >= 0.3 is 11.8 Å². The van der Waals surface area contributed by atoms with E-state index in [-0.39, 0.29) is 11.8 Å². The largest absolute Gasteiger partial charge is 0.417 e. The zero-order chi connectivity index (χ0) is 17.1. The van der Waals surface area contributed by atoms with Crippen LogP contribution < -0.4 is 4.90 Å². The van der Waals surface area contributed by atoms with Crippen LogP contribution in [0.2, 0.25) is 0 Å². The Morgan fingerprint density at radius 1 is 1.17 bits per heavy atom. The maximum absolute atomic E-state index is 12.5. The van der Waals surface area contributed by atoms with Crippen LogP contribution in [0.25, 0.3) is 0 Å². The molecule has 8 nitrogen and oxygen atoms in total. The summed E-state index contributed by atoms with van der Waals surface area (Å²) in [5.41, 5.74) is 2.06. The van der Waals surface area contributed by atoms with E-state index in [1.807, 2.05) is 20.8 Å². The number of aryl methyl sites for hydroxylation is 2. The molecule has 8 heteroatoms. The molecule has 0 bridgehead atoms. The van der Waals surface area contributed by atoms with E-state index >= 15 is 0 Å². The first kappa shape index (κ1) is 16.4. The molecule has 1 aliphatic heterocycles. The van der Waals surface area contributed by atoms with Crippen molar-refractivity contribution in [2.24, 2.45) is 0 Å². The third kappa shape index (κ3) is 3.22. The molecule has 128 valence electrons. The fraction of sp³-hybridized carbons (Fsp3) is 0.562. The lowest BCUT2D eigenvalue weighted by atomic mass is 10.2. The van der Waals surface area contributed by atoms with Crippen LogP contribution in [0.4, 0.5) is 5.82 Å². The van der Waals surface area contributed by atoms with E-state index in [2.05, 4.69) is 25.1 Å². The molecule has 1 fully saturated rings. The first-order chi connectivity index (χ1) is 11.6. The summed E-state index contributed by atoms with van der Waals surface area (Å²) in [6.07, 6.45) is 3.19. The highest BCUT2D eigenvalue weighted by Crippen LogP contribution is 2.20. The van der Waals surface area contributed by atoms with E-state index in [0.29, 0.717) is 25.4 Å². The van der Waals surface area contributed by atoms with Crippen molar-refractivity contribution in [3.8, 4) is 0 Å². The molecular weight excluding hydrogens is 308 g/mol. The van der Waals surface area contributed by atoms with Crippen LogP contribution in [-0.2, 0) is 6.42 Å². The molecule has 0 N–H and O–H groups in total. The van der Waals surface area contributed by atoms with Gasteiger partial charge in [-0.15, -0.1) is 10.2 Å². The second-order valence-electron chi connectivity index (χ2n) is 5.94. The van der Waals surface area contributed by atoms with Crippen molar-refractivity contribution in [1.82, 2.24) is 25.1 Å². The molecule has 0 atom stereocenters. The van der Waals surface area contributed by atoms with Crippen molar-refractivity contribution in [1.29, 1.82) is 0 Å². The van der Waals surface area contributed by atoms with Gasteiger partial charge in [-0.05, 0) is 20.3 Å². The number of hydrogen-bond acceptors (Lipinski definition) is 7. The molecule has 0 unspecified atom stereocenters. The highest BCUT2D eigenvalue weighted by Gasteiger charge is 2.27. The minimum Gasteiger partial charge on any atom is -0.417 e. The molecule has 0 aromatic carbocycles. The molecule has 2 aromatic heterocycles. The highest BCUT2D eigenvalue weighted by molar-refractivity contribution is 5.89. The van der Waals surface area contributed by atoms with Gasteiger partial charge in [0.2, 0.25) is 5.89 Å². The molecular formula is C16H22N6O2. The van der Waals surface area contributed by atoms with E-state index in [9.17, 15) is 4.79 Å². The Kier molecular flexibility index (Phi) is 4.73. The smallest absolute Gasteiger partial charge is 0.311 e. The zero-order valence-electron chi connectivity index (χ0n) is 14.3. The van der Waals surface area contributed by atoms with Crippen LogP contribution in [0.15, 0.2) is 10.7 Å². The number of nitrogens with zero attached hydrogens (tertiary/aromatic N) is 6. The minimum absolute atomic E-state index is 0.0842. The monoisotopic (exact) mass is 330 g/mol. The van der Waals surface area contributed by atoms with Crippen LogP contribution >= 0.6 is 0 Å². The van der Waals surface area contributed by atoms with Crippen LogP contribution in [-0.4, -0.2) is 57.2 Å². The van der Waals surface area contributed by atoms with Crippen LogP contribution in [0.1, 0.15) is 41.2 Å². The van der Waals surface area contributed by atoms with Crippen molar-refractivity contribution in [2.75, 3.05) is 31.1 Å². The topological polar surface area (TPSA) is 88.3 Å². The van der Waals surface area contributed by atoms with E-state index in [0.717, 1.165) is 36.6 Å². The SMILES string of the molecule is CCCc1nnc(C(=O)N2CCN(c3ncnc(C)c3C)CC2)o1. The molecule has 24 heavy (non-hydrogen) atoms. The van der Waals surface area contributed by atoms with Gasteiger partial charge in [-0.1, -0.05) is 6.92 Å². The fourth-order valence-electron chi connectivity index (χ4n) is 2.76. The number of piperazine rings is 1. The number of carbonyl (C=O) groups is 1. The summed E-state index contributed by atoms with van der Waals surface area (Å²) in [6, 6.07) is 0. The molecule has 0 spiro atoms. The summed E-state index contributed by atoms with van der Waals surface area (Å²) < 4.78 is 5.44. The quantitative estimate of drug-likeness (QED) is 0.837. The summed E-state index contributed by atoms with van der Waals surface area (Å²) >= 11 is 0. The number of aromatic nitrogens is 4.